The second-order valence-electron chi connectivity index (χ2n) is 20.3. The number of imide groups is 1. The maximum absolute atomic E-state index is 13.6. The normalized spacial score (nSPS) is 30.2. The summed E-state index contributed by atoms with van der Waals surface area (Å²) in [7, 11) is 0. The van der Waals surface area contributed by atoms with Crippen molar-refractivity contribution in [2.45, 2.75) is 202 Å². The lowest BCUT2D eigenvalue weighted by Crippen LogP contribution is -2.51. The van der Waals surface area contributed by atoms with E-state index in [9.17, 15) is 14.4 Å². The molecular formula is C51H79NO4. The van der Waals surface area contributed by atoms with Gasteiger partial charge in [0.15, 0.2) is 0 Å². The average molecular weight is 770 g/mol. The summed E-state index contributed by atoms with van der Waals surface area (Å²) in [6.07, 6.45) is 32.4. The first-order valence-electron chi connectivity index (χ1n) is 23.9. The number of hydrogen-bond acceptors (Lipinski definition) is 4. The molecule has 1 unspecified atom stereocenters. The average Bonchev–Trinajstić information content (AvgIpc) is 3.65. The van der Waals surface area contributed by atoms with Gasteiger partial charge >= 0.3 is 5.97 Å². The van der Waals surface area contributed by atoms with E-state index in [0.29, 0.717) is 28.7 Å². The minimum atomic E-state index is -0.376. The van der Waals surface area contributed by atoms with Crippen molar-refractivity contribution in [1.29, 1.82) is 0 Å². The number of amides is 2. The van der Waals surface area contributed by atoms with E-state index in [1.165, 1.54) is 126 Å². The summed E-state index contributed by atoms with van der Waals surface area (Å²) in [6.45, 7) is 15.2. The zero-order valence-electron chi connectivity index (χ0n) is 36.6. The van der Waals surface area contributed by atoms with Gasteiger partial charge < -0.3 is 4.74 Å². The fourth-order valence-corrected chi connectivity index (χ4v) is 12.9. The number of ether oxygens (including phenoxy) is 1. The minimum Gasteiger partial charge on any atom is -0.458 e. The summed E-state index contributed by atoms with van der Waals surface area (Å²) in [6, 6.07) is 4.95. The molecule has 5 nitrogen and oxygen atoms in total. The lowest BCUT2D eigenvalue weighted by molar-refractivity contribution is -0.0594. The molecule has 5 aliphatic rings. The molecule has 2 amide bonds. The Morgan fingerprint density at radius 2 is 1.43 bits per heavy atom. The van der Waals surface area contributed by atoms with Crippen LogP contribution in [0, 0.1) is 46.3 Å². The number of allylic oxidation sites excluding steroid dienone is 1. The molecule has 0 saturated heterocycles. The van der Waals surface area contributed by atoms with E-state index in [1.54, 1.807) is 18.2 Å². The lowest BCUT2D eigenvalue weighted by atomic mass is 9.47. The molecule has 56 heavy (non-hydrogen) atoms. The molecule has 8 atom stereocenters. The van der Waals surface area contributed by atoms with Gasteiger partial charge in [-0.2, -0.15) is 0 Å². The van der Waals surface area contributed by atoms with Gasteiger partial charge in [0.2, 0.25) is 0 Å². The van der Waals surface area contributed by atoms with Crippen molar-refractivity contribution in [3.63, 3.8) is 0 Å². The fraction of sp³-hybridized carbons (Fsp3) is 0.784. The lowest BCUT2D eigenvalue weighted by Gasteiger charge is -2.58. The minimum absolute atomic E-state index is 0.146. The van der Waals surface area contributed by atoms with Crippen molar-refractivity contribution in [2.75, 3.05) is 6.54 Å². The zero-order valence-corrected chi connectivity index (χ0v) is 36.6. The Morgan fingerprint density at radius 1 is 0.768 bits per heavy atom. The number of unbranched alkanes of at least 4 members (excludes halogenated alkanes) is 12. The van der Waals surface area contributed by atoms with Crippen molar-refractivity contribution < 1.29 is 19.1 Å². The van der Waals surface area contributed by atoms with Gasteiger partial charge in [0.05, 0.1) is 16.7 Å². The van der Waals surface area contributed by atoms with Crippen molar-refractivity contribution in [3.8, 4) is 0 Å². The van der Waals surface area contributed by atoms with E-state index in [2.05, 4.69) is 47.6 Å². The SMILES string of the molecule is CCCCCCCCCCCCCCCN1C(=O)c2ccc(C(=O)OC3CC[C@@]4(C)C(=CC[C@H]5[C@@H]6CC[C@H]([C@H](C)CCCC(C)C)[C@@]6(C)CC[C@@H]54)C3)cc2C1=O. The second kappa shape index (κ2) is 19.5. The number of benzene rings is 1. The van der Waals surface area contributed by atoms with Gasteiger partial charge in [0.1, 0.15) is 6.10 Å². The highest BCUT2D eigenvalue weighted by molar-refractivity contribution is 6.21. The predicted molar refractivity (Wildman–Crippen MR) is 230 cm³/mol. The number of rotatable bonds is 21. The molecular weight excluding hydrogens is 691 g/mol. The highest BCUT2D eigenvalue weighted by Crippen LogP contribution is 2.67. The van der Waals surface area contributed by atoms with Gasteiger partial charge in [0.25, 0.3) is 11.8 Å². The molecule has 6 rings (SSSR count). The summed E-state index contributed by atoms with van der Waals surface area (Å²) in [5.74, 6) is 3.97. The topological polar surface area (TPSA) is 63.7 Å². The van der Waals surface area contributed by atoms with Crippen LogP contribution in [0.25, 0.3) is 0 Å². The molecule has 312 valence electrons. The first-order chi connectivity index (χ1) is 27.0. The molecule has 3 saturated carbocycles. The van der Waals surface area contributed by atoms with E-state index in [0.717, 1.165) is 74.0 Å². The Bertz CT molecular complexity index is 1530. The summed E-state index contributed by atoms with van der Waals surface area (Å²) >= 11 is 0. The maximum atomic E-state index is 13.6. The van der Waals surface area contributed by atoms with Crippen molar-refractivity contribution in [3.05, 3.63) is 46.5 Å². The third-order valence-electron chi connectivity index (χ3n) is 16.2. The van der Waals surface area contributed by atoms with Crippen LogP contribution in [0.3, 0.4) is 0 Å². The fourth-order valence-electron chi connectivity index (χ4n) is 12.9. The van der Waals surface area contributed by atoms with Gasteiger partial charge in [-0.25, -0.2) is 4.79 Å². The van der Waals surface area contributed by atoms with Gasteiger partial charge in [-0.1, -0.05) is 150 Å². The Labute approximate surface area is 341 Å². The van der Waals surface area contributed by atoms with Crippen LogP contribution in [-0.4, -0.2) is 35.3 Å². The van der Waals surface area contributed by atoms with E-state index < -0.39 is 0 Å². The summed E-state index contributed by atoms with van der Waals surface area (Å²) in [5.41, 5.74) is 3.33. The van der Waals surface area contributed by atoms with Crippen LogP contribution in [0.1, 0.15) is 227 Å². The second-order valence-corrected chi connectivity index (χ2v) is 20.3. The number of nitrogens with zero attached hydrogens (tertiary/aromatic N) is 1. The molecule has 5 heteroatoms. The molecule has 0 spiro atoms. The summed E-state index contributed by atoms with van der Waals surface area (Å²) in [4.78, 5) is 41.5. The summed E-state index contributed by atoms with van der Waals surface area (Å²) in [5, 5.41) is 0. The number of hydrogen-bond donors (Lipinski definition) is 0. The molecule has 1 aromatic rings. The zero-order chi connectivity index (χ0) is 39.9. The third kappa shape index (κ3) is 9.54. The molecule has 0 bridgehead atoms. The van der Waals surface area contributed by atoms with Crippen LogP contribution < -0.4 is 0 Å². The summed E-state index contributed by atoms with van der Waals surface area (Å²) < 4.78 is 6.19. The van der Waals surface area contributed by atoms with E-state index in [-0.39, 0.29) is 29.3 Å². The van der Waals surface area contributed by atoms with Crippen molar-refractivity contribution in [2.24, 2.45) is 46.3 Å². The Hall–Kier alpha value is -2.43. The van der Waals surface area contributed by atoms with Crippen LogP contribution in [0.5, 0.6) is 0 Å². The number of carbonyl (C=O) groups excluding carboxylic acids is 3. The van der Waals surface area contributed by atoms with Crippen molar-refractivity contribution >= 4 is 17.8 Å². The van der Waals surface area contributed by atoms with Crippen molar-refractivity contribution in [1.82, 2.24) is 4.90 Å². The van der Waals surface area contributed by atoms with Crippen LogP contribution in [0.15, 0.2) is 29.8 Å². The highest BCUT2D eigenvalue weighted by atomic mass is 16.5. The number of esters is 1. The standard InChI is InChI=1S/C51H79NO4/c1-7-8-9-10-11-12-13-14-15-16-17-18-19-33-52-47(53)41-25-23-38(34-43(41)48(52)54)49(55)56-40-29-31-50(5)39(35-40)24-26-42-45-28-27-44(37(4)22-20-21-36(2)3)51(45,6)32-30-46(42)50/h23-25,34,36-37,40,42,44-46H,7-22,26-33,35H2,1-6H3/t37-,40?,42+,44-,45+,46+,50+,51-/m1/s1. The van der Waals surface area contributed by atoms with Gasteiger partial charge in [-0.3, -0.25) is 14.5 Å². The maximum Gasteiger partial charge on any atom is 0.338 e. The molecule has 0 radical (unpaired) electrons. The predicted octanol–water partition coefficient (Wildman–Crippen LogP) is 13.9. The molecule has 4 aliphatic carbocycles. The smallest absolute Gasteiger partial charge is 0.338 e. The Morgan fingerprint density at radius 3 is 2.11 bits per heavy atom. The van der Waals surface area contributed by atoms with E-state index in [1.807, 2.05) is 0 Å². The quantitative estimate of drug-likeness (QED) is 0.0541. The first-order valence-corrected chi connectivity index (χ1v) is 23.9. The highest BCUT2D eigenvalue weighted by Gasteiger charge is 2.59. The number of fused-ring (bicyclic) bond motifs is 6. The van der Waals surface area contributed by atoms with Crippen LogP contribution in [0.4, 0.5) is 0 Å². The largest absolute Gasteiger partial charge is 0.458 e. The van der Waals surface area contributed by atoms with Crippen LogP contribution >= 0.6 is 0 Å². The molecule has 0 N–H and O–H groups in total. The Kier molecular flexibility index (Phi) is 15.1. The Balaban J connectivity index is 0.954. The van der Waals surface area contributed by atoms with Gasteiger partial charge in [0, 0.05) is 13.0 Å². The van der Waals surface area contributed by atoms with E-state index in [4.69, 9.17) is 4.74 Å². The molecule has 0 aromatic heterocycles. The molecule has 3 fully saturated rings. The van der Waals surface area contributed by atoms with Gasteiger partial charge in [-0.05, 0) is 116 Å². The molecule has 1 aromatic carbocycles. The van der Waals surface area contributed by atoms with Crippen LogP contribution in [-0.2, 0) is 4.74 Å². The monoisotopic (exact) mass is 770 g/mol. The number of carbonyl (C=O) groups is 3. The molecule has 1 heterocycles. The van der Waals surface area contributed by atoms with E-state index >= 15 is 0 Å². The molecule has 1 aliphatic heterocycles. The van der Waals surface area contributed by atoms with Crippen LogP contribution in [0.2, 0.25) is 0 Å². The third-order valence-corrected chi connectivity index (χ3v) is 16.2. The first kappa shape index (κ1) is 43.2. The van der Waals surface area contributed by atoms with Gasteiger partial charge in [-0.15, -0.1) is 0 Å².